The Hall–Kier alpha value is -3.72. The molecule has 1 aliphatic heterocycles. The lowest BCUT2D eigenvalue weighted by Crippen LogP contribution is -2.43. The Morgan fingerprint density at radius 3 is 2.64 bits per heavy atom. The maximum Gasteiger partial charge on any atom is 0.274 e. The predicted octanol–water partition coefficient (Wildman–Crippen LogP) is 4.91. The highest BCUT2D eigenvalue weighted by molar-refractivity contribution is 7.21. The maximum atomic E-state index is 13.1. The Morgan fingerprint density at radius 1 is 0.944 bits per heavy atom. The van der Waals surface area contributed by atoms with Crippen molar-refractivity contribution in [2.75, 3.05) is 38.5 Å². The second-order valence-electron chi connectivity index (χ2n) is 9.16. The Morgan fingerprint density at radius 2 is 1.75 bits per heavy atom. The molecule has 1 N–H and O–H groups in total. The monoisotopic (exact) mass is 494 g/mol. The molecule has 6 rings (SSSR count). The Labute approximate surface area is 213 Å². The molecule has 180 valence electrons. The van der Waals surface area contributed by atoms with E-state index in [0.29, 0.717) is 11.4 Å². The van der Waals surface area contributed by atoms with Crippen LogP contribution in [0.2, 0.25) is 0 Å². The first-order chi connectivity index (χ1) is 17.6. The van der Waals surface area contributed by atoms with Crippen molar-refractivity contribution >= 4 is 44.2 Å². The fourth-order valence-corrected chi connectivity index (χ4v) is 5.42. The molecule has 1 fully saturated rings. The van der Waals surface area contributed by atoms with Crippen LogP contribution in [0.15, 0.2) is 72.9 Å². The number of piperazine rings is 1. The molecule has 1 saturated heterocycles. The van der Waals surface area contributed by atoms with E-state index in [4.69, 9.17) is 9.97 Å². The summed E-state index contributed by atoms with van der Waals surface area (Å²) in [6.07, 6.45) is 1.96. The second kappa shape index (κ2) is 9.73. The van der Waals surface area contributed by atoms with Crippen molar-refractivity contribution in [3.8, 4) is 10.6 Å². The fraction of sp³-hybridized carbons (Fsp3) is 0.214. The lowest BCUT2D eigenvalue weighted by atomic mass is 10.1. The average Bonchev–Trinajstić information content (AvgIpc) is 3.33. The number of fused-ring (bicyclic) bond motifs is 2. The van der Waals surface area contributed by atoms with Gasteiger partial charge in [0.25, 0.3) is 5.91 Å². The van der Waals surface area contributed by atoms with Gasteiger partial charge in [0.15, 0.2) is 0 Å². The molecule has 4 heterocycles. The van der Waals surface area contributed by atoms with E-state index >= 15 is 0 Å². The number of hydrogen-bond donors (Lipinski definition) is 1. The molecule has 0 saturated carbocycles. The summed E-state index contributed by atoms with van der Waals surface area (Å²) in [7, 11) is 2.17. The van der Waals surface area contributed by atoms with Crippen molar-refractivity contribution < 1.29 is 4.79 Å². The number of pyridine rings is 2. The van der Waals surface area contributed by atoms with Crippen LogP contribution in [0.3, 0.4) is 0 Å². The Balaban J connectivity index is 1.24. The van der Waals surface area contributed by atoms with Crippen LogP contribution in [0.25, 0.3) is 31.8 Å². The minimum atomic E-state index is -0.248. The number of thiazole rings is 1. The van der Waals surface area contributed by atoms with Crippen LogP contribution < -0.4 is 5.32 Å². The Bertz CT molecular complexity index is 1560. The van der Waals surface area contributed by atoms with Crippen molar-refractivity contribution in [2.24, 2.45) is 0 Å². The number of carbonyl (C=O) groups excluding carboxylic acids is 1. The summed E-state index contributed by atoms with van der Waals surface area (Å²) >= 11 is 1.53. The number of amides is 1. The SMILES string of the molecule is CN1CCN(Cc2cnc3sc(-c4ccccc4NC(=O)c4ccc5ccccc5n4)nc3c2)CC1. The van der Waals surface area contributed by atoms with Gasteiger partial charge in [-0.2, -0.15) is 0 Å². The zero-order valence-corrected chi connectivity index (χ0v) is 20.8. The van der Waals surface area contributed by atoms with Crippen LogP contribution in [-0.4, -0.2) is 63.9 Å². The first kappa shape index (κ1) is 22.7. The van der Waals surface area contributed by atoms with E-state index in [1.807, 2.05) is 60.8 Å². The Kier molecular flexibility index (Phi) is 6.14. The third-order valence-corrected chi connectivity index (χ3v) is 7.56. The van der Waals surface area contributed by atoms with E-state index in [-0.39, 0.29) is 5.91 Å². The minimum Gasteiger partial charge on any atom is -0.320 e. The van der Waals surface area contributed by atoms with Gasteiger partial charge in [-0.05, 0) is 42.9 Å². The highest BCUT2D eigenvalue weighted by Crippen LogP contribution is 2.34. The van der Waals surface area contributed by atoms with E-state index in [9.17, 15) is 4.79 Å². The molecule has 36 heavy (non-hydrogen) atoms. The molecular formula is C28H26N6OS. The fourth-order valence-electron chi connectivity index (χ4n) is 4.49. The van der Waals surface area contributed by atoms with Gasteiger partial charge in [-0.25, -0.2) is 15.0 Å². The third kappa shape index (κ3) is 4.70. The molecule has 1 amide bonds. The molecule has 2 aromatic carbocycles. The molecule has 0 spiro atoms. The minimum absolute atomic E-state index is 0.248. The number of hydrogen-bond acceptors (Lipinski definition) is 7. The number of aromatic nitrogens is 3. The number of benzene rings is 2. The van der Waals surface area contributed by atoms with Gasteiger partial charge in [-0.15, -0.1) is 0 Å². The van der Waals surface area contributed by atoms with E-state index < -0.39 is 0 Å². The first-order valence-corrected chi connectivity index (χ1v) is 12.9. The summed E-state index contributed by atoms with van der Waals surface area (Å²) < 4.78 is 0. The van der Waals surface area contributed by atoms with Gasteiger partial charge in [0, 0.05) is 49.9 Å². The van der Waals surface area contributed by atoms with Crippen LogP contribution in [0.4, 0.5) is 5.69 Å². The maximum absolute atomic E-state index is 13.1. The van der Waals surface area contributed by atoms with Crippen LogP contribution in [0.1, 0.15) is 16.1 Å². The van der Waals surface area contributed by atoms with Crippen molar-refractivity contribution in [2.45, 2.75) is 6.54 Å². The number of anilines is 1. The molecule has 5 aromatic rings. The van der Waals surface area contributed by atoms with Gasteiger partial charge in [-0.1, -0.05) is 47.7 Å². The number of nitrogens with one attached hydrogen (secondary N) is 1. The number of likely N-dealkylation sites (N-methyl/N-ethyl adjacent to an activating group) is 1. The van der Waals surface area contributed by atoms with Crippen LogP contribution in [-0.2, 0) is 6.54 Å². The van der Waals surface area contributed by atoms with Crippen molar-refractivity contribution in [3.63, 3.8) is 0 Å². The molecule has 3 aromatic heterocycles. The molecule has 0 aliphatic carbocycles. The molecular weight excluding hydrogens is 468 g/mol. The molecule has 7 nitrogen and oxygen atoms in total. The van der Waals surface area contributed by atoms with Gasteiger partial charge in [0.2, 0.25) is 0 Å². The van der Waals surface area contributed by atoms with E-state index in [0.717, 1.165) is 64.5 Å². The lowest BCUT2D eigenvalue weighted by Gasteiger charge is -2.32. The van der Waals surface area contributed by atoms with Gasteiger partial charge in [0.1, 0.15) is 21.0 Å². The number of para-hydroxylation sites is 2. The summed E-state index contributed by atoms with van der Waals surface area (Å²) in [5.74, 6) is -0.248. The van der Waals surface area contributed by atoms with Crippen molar-refractivity contribution in [1.29, 1.82) is 0 Å². The van der Waals surface area contributed by atoms with E-state index in [1.54, 1.807) is 6.07 Å². The standard InChI is InChI=1S/C28H26N6OS/c1-33-12-14-34(15-13-33)18-19-16-25-28(29-17-19)36-27(32-25)21-7-3-5-9-23(21)31-26(35)24-11-10-20-6-2-4-8-22(20)30-24/h2-11,16-17H,12-15,18H2,1H3,(H,31,35). The van der Waals surface area contributed by atoms with Crippen LogP contribution in [0, 0.1) is 0 Å². The number of nitrogens with zero attached hydrogens (tertiary/aromatic N) is 5. The third-order valence-electron chi connectivity index (χ3n) is 6.54. The normalized spacial score (nSPS) is 14.9. The zero-order valence-electron chi connectivity index (χ0n) is 20.0. The molecule has 0 bridgehead atoms. The van der Waals surface area contributed by atoms with Gasteiger partial charge in [0.05, 0.1) is 11.2 Å². The summed E-state index contributed by atoms with van der Waals surface area (Å²) in [4.78, 5) is 32.9. The van der Waals surface area contributed by atoms with Gasteiger partial charge in [-0.3, -0.25) is 9.69 Å². The largest absolute Gasteiger partial charge is 0.320 e. The van der Waals surface area contributed by atoms with Gasteiger partial charge >= 0.3 is 0 Å². The highest BCUT2D eigenvalue weighted by atomic mass is 32.1. The second-order valence-corrected chi connectivity index (χ2v) is 10.1. The summed E-state index contributed by atoms with van der Waals surface area (Å²) in [6.45, 7) is 5.20. The van der Waals surface area contributed by atoms with Crippen molar-refractivity contribution in [3.05, 3.63) is 84.2 Å². The van der Waals surface area contributed by atoms with Gasteiger partial charge < -0.3 is 10.2 Å². The van der Waals surface area contributed by atoms with Crippen LogP contribution >= 0.6 is 11.3 Å². The number of rotatable bonds is 5. The lowest BCUT2D eigenvalue weighted by molar-refractivity contribution is 0.102. The van der Waals surface area contributed by atoms with Crippen LogP contribution in [0.5, 0.6) is 0 Å². The van der Waals surface area contributed by atoms with E-state index in [2.05, 4.69) is 33.2 Å². The molecule has 0 unspecified atom stereocenters. The highest BCUT2D eigenvalue weighted by Gasteiger charge is 2.17. The first-order valence-electron chi connectivity index (χ1n) is 12.1. The summed E-state index contributed by atoms with van der Waals surface area (Å²) in [5.41, 5.74) is 4.81. The molecule has 8 heteroatoms. The number of carbonyl (C=O) groups is 1. The molecule has 1 aliphatic rings. The summed E-state index contributed by atoms with van der Waals surface area (Å²) in [5, 5.41) is 4.87. The van der Waals surface area contributed by atoms with E-state index in [1.165, 1.54) is 16.9 Å². The quantitative estimate of drug-likeness (QED) is 0.374. The molecule has 0 radical (unpaired) electrons. The van der Waals surface area contributed by atoms with Crippen molar-refractivity contribution in [1.82, 2.24) is 24.8 Å². The summed E-state index contributed by atoms with van der Waals surface area (Å²) in [6, 6.07) is 21.3. The molecule has 0 atom stereocenters. The predicted molar refractivity (Wildman–Crippen MR) is 145 cm³/mol. The topological polar surface area (TPSA) is 74.2 Å². The smallest absolute Gasteiger partial charge is 0.274 e. The average molecular weight is 495 g/mol. The zero-order chi connectivity index (χ0) is 24.5.